The molecular formula is C16H17ClN2S. The molecule has 2 aromatic rings. The summed E-state index contributed by atoms with van der Waals surface area (Å²) in [4.78, 5) is 2.04. The number of hydrogen-bond acceptors (Lipinski definition) is 1. The lowest BCUT2D eigenvalue weighted by atomic mass is 10.2. The SMILES string of the molecule is CCN(C(=S)Nc1c(C)cccc1Cl)c1ccccc1. The van der Waals surface area contributed by atoms with Gasteiger partial charge in [-0.3, -0.25) is 0 Å². The third kappa shape index (κ3) is 3.30. The van der Waals surface area contributed by atoms with Crippen molar-refractivity contribution in [3.8, 4) is 0 Å². The van der Waals surface area contributed by atoms with Crippen LogP contribution >= 0.6 is 23.8 Å². The molecular weight excluding hydrogens is 288 g/mol. The Balaban J connectivity index is 2.23. The first-order valence-corrected chi connectivity index (χ1v) is 7.30. The van der Waals surface area contributed by atoms with Gasteiger partial charge in [-0.15, -0.1) is 0 Å². The van der Waals surface area contributed by atoms with Crippen molar-refractivity contribution in [2.75, 3.05) is 16.8 Å². The predicted molar refractivity (Wildman–Crippen MR) is 91.9 cm³/mol. The molecule has 0 aliphatic carbocycles. The Morgan fingerprint density at radius 3 is 2.45 bits per heavy atom. The van der Waals surface area contributed by atoms with Gasteiger partial charge >= 0.3 is 0 Å². The molecule has 0 spiro atoms. The molecule has 4 heteroatoms. The molecule has 2 nitrogen and oxygen atoms in total. The normalized spacial score (nSPS) is 10.2. The van der Waals surface area contributed by atoms with Crippen LogP contribution in [0.5, 0.6) is 0 Å². The van der Waals surface area contributed by atoms with Crippen molar-refractivity contribution in [1.29, 1.82) is 0 Å². The van der Waals surface area contributed by atoms with Crippen LogP contribution in [0, 0.1) is 6.92 Å². The van der Waals surface area contributed by atoms with Crippen LogP contribution in [0.4, 0.5) is 11.4 Å². The molecule has 0 aliphatic rings. The number of anilines is 2. The second kappa shape index (κ2) is 6.73. The van der Waals surface area contributed by atoms with Gasteiger partial charge in [0.1, 0.15) is 0 Å². The van der Waals surface area contributed by atoms with Crippen molar-refractivity contribution in [2.24, 2.45) is 0 Å². The Bertz CT molecular complexity index is 578. The van der Waals surface area contributed by atoms with Crippen LogP contribution in [0.3, 0.4) is 0 Å². The molecule has 0 aliphatic heterocycles. The number of nitrogens with one attached hydrogen (secondary N) is 1. The maximum Gasteiger partial charge on any atom is 0.177 e. The second-order valence-corrected chi connectivity index (χ2v) is 5.24. The van der Waals surface area contributed by atoms with Crippen LogP contribution in [0.25, 0.3) is 0 Å². The fourth-order valence-electron chi connectivity index (χ4n) is 2.02. The van der Waals surface area contributed by atoms with E-state index in [1.54, 1.807) is 0 Å². The highest BCUT2D eigenvalue weighted by Crippen LogP contribution is 2.26. The number of rotatable bonds is 3. The highest BCUT2D eigenvalue weighted by atomic mass is 35.5. The minimum absolute atomic E-state index is 0.648. The number of para-hydroxylation sites is 2. The quantitative estimate of drug-likeness (QED) is 0.814. The van der Waals surface area contributed by atoms with E-state index in [4.69, 9.17) is 23.8 Å². The molecule has 2 aromatic carbocycles. The molecule has 0 saturated carbocycles. The zero-order chi connectivity index (χ0) is 14.5. The van der Waals surface area contributed by atoms with Crippen molar-refractivity contribution in [3.63, 3.8) is 0 Å². The van der Waals surface area contributed by atoms with Crippen molar-refractivity contribution in [1.82, 2.24) is 0 Å². The average molecular weight is 305 g/mol. The topological polar surface area (TPSA) is 15.3 Å². The maximum atomic E-state index is 6.23. The van der Waals surface area contributed by atoms with Gasteiger partial charge in [-0.05, 0) is 49.8 Å². The number of nitrogens with zero attached hydrogens (tertiary/aromatic N) is 1. The summed E-state index contributed by atoms with van der Waals surface area (Å²) in [7, 11) is 0. The van der Waals surface area contributed by atoms with Crippen molar-refractivity contribution < 1.29 is 0 Å². The van der Waals surface area contributed by atoms with E-state index in [0.717, 1.165) is 23.5 Å². The molecule has 0 heterocycles. The molecule has 0 bridgehead atoms. The molecule has 0 atom stereocenters. The van der Waals surface area contributed by atoms with Gasteiger partial charge in [0.05, 0.1) is 10.7 Å². The maximum absolute atomic E-state index is 6.23. The van der Waals surface area contributed by atoms with Gasteiger partial charge in [0.2, 0.25) is 0 Å². The smallest absolute Gasteiger partial charge is 0.177 e. The lowest BCUT2D eigenvalue weighted by Gasteiger charge is -2.25. The lowest BCUT2D eigenvalue weighted by molar-refractivity contribution is 1.07. The molecule has 0 saturated heterocycles. The molecule has 0 aromatic heterocycles. The monoisotopic (exact) mass is 304 g/mol. The van der Waals surface area contributed by atoms with E-state index in [9.17, 15) is 0 Å². The summed E-state index contributed by atoms with van der Waals surface area (Å²) in [6.45, 7) is 4.87. The van der Waals surface area contributed by atoms with Gasteiger partial charge in [0, 0.05) is 12.2 Å². The zero-order valence-corrected chi connectivity index (χ0v) is 13.1. The summed E-state index contributed by atoms with van der Waals surface area (Å²) >= 11 is 11.7. The lowest BCUT2D eigenvalue weighted by Crippen LogP contribution is -2.34. The minimum atomic E-state index is 0.648. The Morgan fingerprint density at radius 1 is 1.15 bits per heavy atom. The van der Waals surface area contributed by atoms with E-state index in [2.05, 4.69) is 12.2 Å². The van der Waals surface area contributed by atoms with E-state index >= 15 is 0 Å². The van der Waals surface area contributed by atoms with Crippen LogP contribution < -0.4 is 10.2 Å². The van der Waals surface area contributed by atoms with E-state index in [1.165, 1.54) is 0 Å². The van der Waals surface area contributed by atoms with Gasteiger partial charge in [0.25, 0.3) is 0 Å². The summed E-state index contributed by atoms with van der Waals surface area (Å²) in [5.74, 6) is 0. The standard InChI is InChI=1S/C16H17ClN2S/c1-3-19(13-9-5-4-6-10-13)16(20)18-15-12(2)8-7-11-14(15)17/h4-11H,3H2,1-2H3,(H,18,20). The average Bonchev–Trinajstić information content (AvgIpc) is 2.45. The Kier molecular flexibility index (Phi) is 4.99. The summed E-state index contributed by atoms with van der Waals surface area (Å²) in [6.07, 6.45) is 0. The Hall–Kier alpha value is -1.58. The van der Waals surface area contributed by atoms with E-state index in [-0.39, 0.29) is 0 Å². The van der Waals surface area contributed by atoms with Crippen LogP contribution in [0.2, 0.25) is 5.02 Å². The molecule has 0 unspecified atom stereocenters. The van der Waals surface area contributed by atoms with Crippen LogP contribution in [0.1, 0.15) is 12.5 Å². The largest absolute Gasteiger partial charge is 0.331 e. The minimum Gasteiger partial charge on any atom is -0.331 e. The molecule has 104 valence electrons. The molecule has 1 N–H and O–H groups in total. The predicted octanol–water partition coefficient (Wildman–Crippen LogP) is 4.87. The van der Waals surface area contributed by atoms with Gasteiger partial charge in [-0.2, -0.15) is 0 Å². The summed E-state index contributed by atoms with van der Waals surface area (Å²) < 4.78 is 0. The van der Waals surface area contributed by atoms with Gasteiger partial charge in [0.15, 0.2) is 5.11 Å². The molecule has 0 radical (unpaired) electrons. The fourth-order valence-corrected chi connectivity index (χ4v) is 2.62. The molecule has 20 heavy (non-hydrogen) atoms. The van der Waals surface area contributed by atoms with E-state index in [0.29, 0.717) is 10.1 Å². The van der Waals surface area contributed by atoms with Crippen LogP contribution in [-0.4, -0.2) is 11.7 Å². The summed E-state index contributed by atoms with van der Waals surface area (Å²) in [5.41, 5.74) is 3.01. The first-order valence-electron chi connectivity index (χ1n) is 6.52. The van der Waals surface area contributed by atoms with E-state index in [1.807, 2.05) is 60.4 Å². The first-order chi connectivity index (χ1) is 9.63. The second-order valence-electron chi connectivity index (χ2n) is 4.44. The van der Waals surface area contributed by atoms with E-state index < -0.39 is 0 Å². The van der Waals surface area contributed by atoms with Gasteiger partial charge in [-0.25, -0.2) is 0 Å². The molecule has 2 rings (SSSR count). The van der Waals surface area contributed by atoms with Crippen molar-refractivity contribution in [2.45, 2.75) is 13.8 Å². The molecule has 0 amide bonds. The van der Waals surface area contributed by atoms with Gasteiger partial charge in [-0.1, -0.05) is 41.9 Å². The first kappa shape index (κ1) is 14.8. The number of thiocarbonyl (C=S) groups is 1. The third-order valence-corrected chi connectivity index (χ3v) is 3.72. The number of halogens is 1. The highest BCUT2D eigenvalue weighted by Gasteiger charge is 2.12. The Labute approximate surface area is 130 Å². The van der Waals surface area contributed by atoms with Crippen LogP contribution in [-0.2, 0) is 0 Å². The zero-order valence-electron chi connectivity index (χ0n) is 11.6. The van der Waals surface area contributed by atoms with Gasteiger partial charge < -0.3 is 10.2 Å². The summed E-state index contributed by atoms with van der Waals surface area (Å²) in [6, 6.07) is 15.9. The fraction of sp³-hybridized carbons (Fsp3) is 0.188. The molecule has 0 fully saturated rings. The van der Waals surface area contributed by atoms with Crippen molar-refractivity contribution >= 4 is 40.3 Å². The number of benzene rings is 2. The van der Waals surface area contributed by atoms with Crippen LogP contribution in [0.15, 0.2) is 48.5 Å². The number of hydrogen-bond donors (Lipinski definition) is 1. The highest BCUT2D eigenvalue weighted by molar-refractivity contribution is 7.80. The number of aryl methyl sites for hydroxylation is 1. The summed E-state index contributed by atoms with van der Waals surface area (Å²) in [5, 5.41) is 4.58. The Morgan fingerprint density at radius 2 is 1.85 bits per heavy atom. The van der Waals surface area contributed by atoms with Crippen molar-refractivity contribution in [3.05, 3.63) is 59.1 Å². The third-order valence-electron chi connectivity index (χ3n) is 3.08.